The number of nitrogens with zero attached hydrogens (tertiary/aromatic N) is 2. The quantitative estimate of drug-likeness (QED) is 0.611. The average Bonchev–Trinajstić information content (AvgIpc) is 2.63. The van der Waals surface area contributed by atoms with E-state index in [4.69, 9.17) is 17.3 Å². The summed E-state index contributed by atoms with van der Waals surface area (Å²) in [6.45, 7) is 4.70. The number of hydrazone groups is 1. The number of rotatable bonds is 4. The van der Waals surface area contributed by atoms with Crippen LogP contribution in [0.5, 0.6) is 0 Å². The number of nitrogen functional groups attached to an aromatic ring is 1. The molecule has 0 radical (unpaired) electrons. The van der Waals surface area contributed by atoms with E-state index in [2.05, 4.69) is 17.3 Å². The monoisotopic (exact) mass is 370 g/mol. The van der Waals surface area contributed by atoms with Gasteiger partial charge in [-0.1, -0.05) is 43.1 Å². The van der Waals surface area contributed by atoms with Gasteiger partial charge in [0.15, 0.2) is 0 Å². The van der Waals surface area contributed by atoms with E-state index >= 15 is 0 Å². The molecule has 0 fully saturated rings. The van der Waals surface area contributed by atoms with Crippen molar-refractivity contribution >= 4 is 29.0 Å². The Morgan fingerprint density at radius 2 is 2.00 bits per heavy atom. The van der Waals surface area contributed by atoms with E-state index in [1.807, 2.05) is 49.4 Å². The minimum absolute atomic E-state index is 0.179. The van der Waals surface area contributed by atoms with Crippen LogP contribution in [0.1, 0.15) is 49.4 Å². The molecule has 0 saturated heterocycles. The van der Waals surface area contributed by atoms with Crippen LogP contribution >= 0.6 is 11.6 Å². The van der Waals surface area contributed by atoms with Crippen molar-refractivity contribution < 1.29 is 4.79 Å². The highest BCUT2D eigenvalue weighted by atomic mass is 35.5. The van der Waals surface area contributed by atoms with Crippen LogP contribution in [0.25, 0.3) is 0 Å². The van der Waals surface area contributed by atoms with Gasteiger partial charge in [-0.25, -0.2) is 9.80 Å². The fraction of sp³-hybridized carbons (Fsp3) is 0.300. The first-order chi connectivity index (χ1) is 12.5. The molecule has 5 nitrogen and oxygen atoms in total. The molecule has 136 valence electrons. The van der Waals surface area contributed by atoms with E-state index < -0.39 is 0 Å². The normalized spacial score (nSPS) is 16.0. The fourth-order valence-electron chi connectivity index (χ4n) is 3.01. The second kappa shape index (κ2) is 7.79. The number of hydrogen-bond donors (Lipinski definition) is 2. The third-order valence-electron chi connectivity index (χ3n) is 4.49. The van der Waals surface area contributed by atoms with Gasteiger partial charge in [-0.15, -0.1) is 0 Å². The number of anilines is 1. The summed E-state index contributed by atoms with van der Waals surface area (Å²) in [6, 6.07) is 12.8. The number of carbonyl (C=O) groups is 1. The topological polar surface area (TPSA) is 70.7 Å². The molecule has 0 bridgehead atoms. The molecule has 1 aliphatic heterocycles. The number of nitrogens with one attached hydrogen (secondary N) is 1. The van der Waals surface area contributed by atoms with Crippen LogP contribution in [0, 0.1) is 0 Å². The van der Waals surface area contributed by atoms with Crippen molar-refractivity contribution in [2.75, 3.05) is 12.3 Å². The SMILES string of the molecule is CCCCNC(=O)N1N=C(c2ccc(N)cc2)c2cc(Cl)ccc2C1C. The summed E-state index contributed by atoms with van der Waals surface area (Å²) in [6.07, 6.45) is 1.96. The summed E-state index contributed by atoms with van der Waals surface area (Å²) in [5.74, 6) is 0. The number of fused-ring (bicyclic) bond motifs is 1. The van der Waals surface area contributed by atoms with Gasteiger partial charge >= 0.3 is 6.03 Å². The van der Waals surface area contributed by atoms with Crippen LogP contribution in [0.15, 0.2) is 47.6 Å². The first kappa shape index (κ1) is 18.3. The first-order valence-corrected chi connectivity index (χ1v) is 9.20. The zero-order valence-corrected chi connectivity index (χ0v) is 15.8. The van der Waals surface area contributed by atoms with E-state index in [0.717, 1.165) is 29.5 Å². The average molecular weight is 371 g/mol. The number of halogens is 1. The summed E-state index contributed by atoms with van der Waals surface area (Å²) < 4.78 is 0. The van der Waals surface area contributed by atoms with E-state index in [1.165, 1.54) is 5.01 Å². The Balaban J connectivity index is 2.03. The van der Waals surface area contributed by atoms with Gasteiger partial charge in [-0.2, -0.15) is 5.10 Å². The van der Waals surface area contributed by atoms with Crippen molar-refractivity contribution in [2.24, 2.45) is 5.10 Å². The van der Waals surface area contributed by atoms with Crippen LogP contribution in [-0.2, 0) is 0 Å². The highest BCUT2D eigenvalue weighted by molar-refractivity contribution is 6.31. The number of carbonyl (C=O) groups excluding carboxylic acids is 1. The van der Waals surface area contributed by atoms with Crippen molar-refractivity contribution in [3.05, 3.63) is 64.2 Å². The minimum atomic E-state index is -0.195. The second-order valence-electron chi connectivity index (χ2n) is 6.41. The van der Waals surface area contributed by atoms with E-state index in [1.54, 1.807) is 0 Å². The van der Waals surface area contributed by atoms with Gasteiger partial charge in [-0.05, 0) is 43.2 Å². The Morgan fingerprint density at radius 3 is 2.69 bits per heavy atom. The maximum absolute atomic E-state index is 12.7. The molecule has 1 unspecified atom stereocenters. The lowest BCUT2D eigenvalue weighted by atomic mass is 9.92. The number of hydrogen-bond acceptors (Lipinski definition) is 3. The molecule has 6 heteroatoms. The Morgan fingerprint density at radius 1 is 1.27 bits per heavy atom. The van der Waals surface area contributed by atoms with Crippen molar-refractivity contribution in [3.8, 4) is 0 Å². The van der Waals surface area contributed by atoms with Gasteiger partial charge in [0, 0.05) is 28.4 Å². The standard InChI is InChI=1S/C20H23ClN4O/c1-3-4-11-23-20(26)25-13(2)17-10-7-15(21)12-18(17)19(24-25)14-5-8-16(22)9-6-14/h5-10,12-13H,3-4,11,22H2,1-2H3,(H,23,26). The van der Waals surface area contributed by atoms with Gasteiger partial charge in [0.1, 0.15) is 0 Å². The predicted octanol–water partition coefficient (Wildman–Crippen LogP) is 4.56. The Bertz CT molecular complexity index is 832. The maximum Gasteiger partial charge on any atom is 0.338 e. The maximum atomic E-state index is 12.7. The highest BCUT2D eigenvalue weighted by Crippen LogP contribution is 2.33. The minimum Gasteiger partial charge on any atom is -0.399 e. The highest BCUT2D eigenvalue weighted by Gasteiger charge is 2.30. The van der Waals surface area contributed by atoms with Crippen molar-refractivity contribution in [1.82, 2.24) is 10.3 Å². The molecule has 2 aromatic carbocycles. The smallest absolute Gasteiger partial charge is 0.338 e. The van der Waals surface area contributed by atoms with Gasteiger partial charge in [0.25, 0.3) is 0 Å². The zero-order chi connectivity index (χ0) is 18.7. The molecule has 0 aromatic heterocycles. The van der Waals surface area contributed by atoms with Crippen LogP contribution in [-0.4, -0.2) is 23.3 Å². The molecule has 2 aromatic rings. The Hall–Kier alpha value is -2.53. The van der Waals surface area contributed by atoms with Gasteiger partial charge in [0.05, 0.1) is 11.8 Å². The molecule has 1 aliphatic rings. The molecular formula is C20H23ClN4O. The fourth-order valence-corrected chi connectivity index (χ4v) is 3.18. The lowest BCUT2D eigenvalue weighted by molar-refractivity contribution is 0.180. The summed E-state index contributed by atoms with van der Waals surface area (Å²) >= 11 is 6.22. The van der Waals surface area contributed by atoms with E-state index in [-0.39, 0.29) is 12.1 Å². The molecule has 1 heterocycles. The Labute approximate surface area is 158 Å². The van der Waals surface area contributed by atoms with Crippen molar-refractivity contribution in [2.45, 2.75) is 32.7 Å². The van der Waals surface area contributed by atoms with Crippen LogP contribution < -0.4 is 11.1 Å². The molecule has 0 aliphatic carbocycles. The van der Waals surface area contributed by atoms with Crippen molar-refractivity contribution in [1.29, 1.82) is 0 Å². The lowest BCUT2D eigenvalue weighted by Crippen LogP contribution is -2.41. The summed E-state index contributed by atoms with van der Waals surface area (Å²) in [7, 11) is 0. The molecule has 3 rings (SSSR count). The molecule has 0 saturated carbocycles. The summed E-state index contributed by atoms with van der Waals surface area (Å²) in [4.78, 5) is 12.7. The Kier molecular flexibility index (Phi) is 5.47. The number of nitrogens with two attached hydrogens (primary N) is 1. The van der Waals surface area contributed by atoms with Gasteiger partial charge in [0.2, 0.25) is 0 Å². The number of unbranched alkanes of at least 4 members (excludes halogenated alkanes) is 1. The third kappa shape index (κ3) is 3.68. The van der Waals surface area contributed by atoms with Gasteiger partial charge in [-0.3, -0.25) is 0 Å². The number of urea groups is 1. The molecule has 0 spiro atoms. The number of benzene rings is 2. The van der Waals surface area contributed by atoms with Crippen LogP contribution in [0.3, 0.4) is 0 Å². The summed E-state index contributed by atoms with van der Waals surface area (Å²) in [5, 5.41) is 9.75. The van der Waals surface area contributed by atoms with Crippen LogP contribution in [0.2, 0.25) is 5.02 Å². The molecule has 26 heavy (non-hydrogen) atoms. The van der Waals surface area contributed by atoms with E-state index in [0.29, 0.717) is 23.0 Å². The second-order valence-corrected chi connectivity index (χ2v) is 6.84. The number of amides is 2. The molecular weight excluding hydrogens is 348 g/mol. The lowest BCUT2D eigenvalue weighted by Gasteiger charge is -2.32. The zero-order valence-electron chi connectivity index (χ0n) is 15.0. The molecule has 2 amide bonds. The molecule has 1 atom stereocenters. The van der Waals surface area contributed by atoms with Gasteiger partial charge < -0.3 is 11.1 Å². The van der Waals surface area contributed by atoms with Crippen molar-refractivity contribution in [3.63, 3.8) is 0 Å². The largest absolute Gasteiger partial charge is 0.399 e. The van der Waals surface area contributed by atoms with Crippen LogP contribution in [0.4, 0.5) is 10.5 Å². The predicted molar refractivity (Wildman–Crippen MR) is 107 cm³/mol. The summed E-state index contributed by atoms with van der Waals surface area (Å²) in [5.41, 5.74) is 10.0. The molecule has 3 N–H and O–H groups in total. The van der Waals surface area contributed by atoms with E-state index in [9.17, 15) is 4.79 Å². The third-order valence-corrected chi connectivity index (χ3v) is 4.73. The first-order valence-electron chi connectivity index (χ1n) is 8.82.